The minimum atomic E-state index is 0.245. The Labute approximate surface area is 99.9 Å². The third kappa shape index (κ3) is 4.01. The van der Waals surface area contributed by atoms with E-state index in [1.165, 1.54) is 0 Å². The Morgan fingerprint density at radius 3 is 1.38 bits per heavy atom. The zero-order valence-corrected chi connectivity index (χ0v) is 10.9. The fourth-order valence-corrected chi connectivity index (χ4v) is 2.36. The van der Waals surface area contributed by atoms with E-state index in [0.29, 0.717) is 0 Å². The van der Waals surface area contributed by atoms with Gasteiger partial charge in [0.15, 0.2) is 0 Å². The summed E-state index contributed by atoms with van der Waals surface area (Å²) in [5, 5.41) is 0. The first-order chi connectivity index (χ1) is 7.69. The van der Waals surface area contributed by atoms with Gasteiger partial charge in [-0.2, -0.15) is 0 Å². The standard InChI is InChI=1S/C12H28N4/c1-3-5-11(13)15-7-9-16(10-8-15)12(14)6-4-2/h11-12H,3-10,13-14H2,1-2H3. The molecule has 0 aromatic heterocycles. The number of rotatable bonds is 6. The fraction of sp³-hybridized carbons (Fsp3) is 1.00. The molecule has 0 aromatic carbocycles. The lowest BCUT2D eigenvalue weighted by Crippen LogP contribution is -2.57. The molecular weight excluding hydrogens is 200 g/mol. The van der Waals surface area contributed by atoms with Crippen molar-refractivity contribution in [3.63, 3.8) is 0 Å². The molecule has 0 saturated carbocycles. The van der Waals surface area contributed by atoms with Gasteiger partial charge in [0.2, 0.25) is 0 Å². The second-order valence-corrected chi connectivity index (χ2v) is 4.78. The lowest BCUT2D eigenvalue weighted by molar-refractivity contribution is 0.0661. The normalized spacial score (nSPS) is 23.2. The topological polar surface area (TPSA) is 58.5 Å². The van der Waals surface area contributed by atoms with Gasteiger partial charge in [-0.3, -0.25) is 9.80 Å². The summed E-state index contributed by atoms with van der Waals surface area (Å²) in [6.07, 6.45) is 5.01. The zero-order chi connectivity index (χ0) is 12.0. The largest absolute Gasteiger partial charge is 0.316 e. The van der Waals surface area contributed by atoms with Gasteiger partial charge in [0.1, 0.15) is 0 Å². The fourth-order valence-electron chi connectivity index (χ4n) is 2.36. The summed E-state index contributed by atoms with van der Waals surface area (Å²) in [5.74, 6) is 0. The van der Waals surface area contributed by atoms with Gasteiger partial charge < -0.3 is 11.5 Å². The minimum absolute atomic E-state index is 0.245. The van der Waals surface area contributed by atoms with Crippen molar-refractivity contribution in [2.45, 2.75) is 51.9 Å². The maximum atomic E-state index is 6.12. The molecule has 0 amide bonds. The lowest BCUT2D eigenvalue weighted by Gasteiger charge is -2.40. The Bertz CT molecular complexity index is 158. The van der Waals surface area contributed by atoms with Crippen molar-refractivity contribution >= 4 is 0 Å². The van der Waals surface area contributed by atoms with Crippen LogP contribution >= 0.6 is 0 Å². The zero-order valence-electron chi connectivity index (χ0n) is 10.9. The summed E-state index contributed by atoms with van der Waals surface area (Å²) in [4.78, 5) is 4.78. The first-order valence-electron chi connectivity index (χ1n) is 6.68. The highest BCUT2D eigenvalue weighted by Gasteiger charge is 2.23. The van der Waals surface area contributed by atoms with Crippen LogP contribution < -0.4 is 11.5 Å². The van der Waals surface area contributed by atoms with Gasteiger partial charge in [-0.25, -0.2) is 0 Å². The molecule has 4 nitrogen and oxygen atoms in total. The molecule has 2 atom stereocenters. The molecular formula is C12H28N4. The Morgan fingerprint density at radius 1 is 0.812 bits per heavy atom. The Hall–Kier alpha value is -0.160. The molecule has 0 aliphatic carbocycles. The molecule has 1 aliphatic rings. The van der Waals surface area contributed by atoms with Crippen molar-refractivity contribution < 1.29 is 0 Å². The van der Waals surface area contributed by atoms with Crippen LogP contribution in [0, 0.1) is 0 Å². The molecule has 0 bridgehead atoms. The quantitative estimate of drug-likeness (QED) is 0.705. The van der Waals surface area contributed by atoms with Gasteiger partial charge in [0.25, 0.3) is 0 Å². The van der Waals surface area contributed by atoms with E-state index in [2.05, 4.69) is 23.6 Å². The summed E-state index contributed by atoms with van der Waals surface area (Å²) < 4.78 is 0. The van der Waals surface area contributed by atoms with Gasteiger partial charge in [-0.05, 0) is 12.8 Å². The van der Waals surface area contributed by atoms with E-state index < -0.39 is 0 Å². The van der Waals surface area contributed by atoms with Crippen LogP contribution in [0.15, 0.2) is 0 Å². The van der Waals surface area contributed by atoms with Crippen LogP contribution in [0.3, 0.4) is 0 Å². The van der Waals surface area contributed by atoms with Crippen molar-refractivity contribution in [3.05, 3.63) is 0 Å². The van der Waals surface area contributed by atoms with Gasteiger partial charge in [-0.1, -0.05) is 26.7 Å². The van der Waals surface area contributed by atoms with Crippen molar-refractivity contribution in [2.75, 3.05) is 26.2 Å². The van der Waals surface area contributed by atoms with Crippen molar-refractivity contribution in [1.82, 2.24) is 9.80 Å². The monoisotopic (exact) mass is 228 g/mol. The summed E-state index contributed by atoms with van der Waals surface area (Å²) in [7, 11) is 0. The Kier molecular flexibility index (Phi) is 6.28. The predicted octanol–water partition coefficient (Wildman–Crippen LogP) is 0.774. The summed E-state index contributed by atoms with van der Waals surface area (Å²) in [6, 6.07) is 0. The highest BCUT2D eigenvalue weighted by atomic mass is 15.3. The average molecular weight is 228 g/mol. The van der Waals surface area contributed by atoms with E-state index >= 15 is 0 Å². The van der Waals surface area contributed by atoms with E-state index in [4.69, 9.17) is 11.5 Å². The molecule has 1 aliphatic heterocycles. The highest BCUT2D eigenvalue weighted by molar-refractivity contribution is 4.77. The number of nitrogens with zero attached hydrogens (tertiary/aromatic N) is 2. The first-order valence-corrected chi connectivity index (χ1v) is 6.68. The third-order valence-corrected chi connectivity index (χ3v) is 3.46. The van der Waals surface area contributed by atoms with Crippen molar-refractivity contribution in [1.29, 1.82) is 0 Å². The van der Waals surface area contributed by atoms with Crippen LogP contribution in [0.5, 0.6) is 0 Å². The summed E-state index contributed by atoms with van der Waals surface area (Å²) in [6.45, 7) is 8.65. The lowest BCUT2D eigenvalue weighted by atomic mass is 10.2. The molecule has 1 rings (SSSR count). The van der Waals surface area contributed by atoms with Gasteiger partial charge >= 0.3 is 0 Å². The van der Waals surface area contributed by atoms with E-state index in [0.717, 1.165) is 51.9 Å². The van der Waals surface area contributed by atoms with Crippen LogP contribution in [0.1, 0.15) is 39.5 Å². The predicted molar refractivity (Wildman–Crippen MR) is 68.9 cm³/mol. The van der Waals surface area contributed by atoms with E-state index in [1.54, 1.807) is 0 Å². The van der Waals surface area contributed by atoms with Gasteiger partial charge in [0.05, 0.1) is 12.3 Å². The molecule has 0 radical (unpaired) electrons. The van der Waals surface area contributed by atoms with Gasteiger partial charge in [0, 0.05) is 26.2 Å². The van der Waals surface area contributed by atoms with Crippen LogP contribution in [0.2, 0.25) is 0 Å². The molecule has 1 saturated heterocycles. The maximum absolute atomic E-state index is 6.12. The number of piperazine rings is 1. The third-order valence-electron chi connectivity index (χ3n) is 3.46. The van der Waals surface area contributed by atoms with Crippen LogP contribution in [-0.4, -0.2) is 48.3 Å². The van der Waals surface area contributed by atoms with Gasteiger partial charge in [-0.15, -0.1) is 0 Å². The van der Waals surface area contributed by atoms with Crippen LogP contribution in [0.4, 0.5) is 0 Å². The molecule has 1 fully saturated rings. The Morgan fingerprint density at radius 2 is 1.12 bits per heavy atom. The number of hydrogen-bond acceptors (Lipinski definition) is 4. The molecule has 2 unspecified atom stereocenters. The highest BCUT2D eigenvalue weighted by Crippen LogP contribution is 2.10. The number of nitrogens with two attached hydrogens (primary N) is 2. The SMILES string of the molecule is CCCC(N)N1CCN(C(N)CCC)CC1. The van der Waals surface area contributed by atoms with Crippen LogP contribution in [-0.2, 0) is 0 Å². The molecule has 0 spiro atoms. The summed E-state index contributed by atoms with van der Waals surface area (Å²) >= 11 is 0. The van der Waals surface area contributed by atoms with E-state index in [9.17, 15) is 0 Å². The van der Waals surface area contributed by atoms with E-state index in [1.807, 2.05) is 0 Å². The molecule has 1 heterocycles. The van der Waals surface area contributed by atoms with Crippen molar-refractivity contribution in [2.24, 2.45) is 11.5 Å². The second kappa shape index (κ2) is 7.22. The minimum Gasteiger partial charge on any atom is -0.316 e. The van der Waals surface area contributed by atoms with Crippen molar-refractivity contribution in [3.8, 4) is 0 Å². The Balaban J connectivity index is 2.27. The second-order valence-electron chi connectivity index (χ2n) is 4.78. The van der Waals surface area contributed by atoms with E-state index in [-0.39, 0.29) is 12.3 Å². The average Bonchev–Trinajstić information content (AvgIpc) is 2.30. The maximum Gasteiger partial charge on any atom is 0.0572 e. The smallest absolute Gasteiger partial charge is 0.0572 e. The van der Waals surface area contributed by atoms with Crippen LogP contribution in [0.25, 0.3) is 0 Å². The summed E-state index contributed by atoms with van der Waals surface area (Å²) in [5.41, 5.74) is 12.2. The molecule has 16 heavy (non-hydrogen) atoms. The molecule has 96 valence electrons. The molecule has 0 aromatic rings. The first kappa shape index (κ1) is 13.9. The molecule has 4 N–H and O–H groups in total. The molecule has 4 heteroatoms. The number of hydrogen-bond donors (Lipinski definition) is 2.